The van der Waals surface area contributed by atoms with Crippen LogP contribution < -0.4 is 9.47 Å². The second-order valence-corrected chi connectivity index (χ2v) is 5.32. The van der Waals surface area contributed by atoms with Crippen molar-refractivity contribution < 1.29 is 14.3 Å². The van der Waals surface area contributed by atoms with Gasteiger partial charge in [-0.2, -0.15) is 0 Å². The molecule has 0 fully saturated rings. The van der Waals surface area contributed by atoms with Gasteiger partial charge in [0, 0.05) is 18.7 Å². The molecule has 0 N–H and O–H groups in total. The van der Waals surface area contributed by atoms with Crippen molar-refractivity contribution in [2.75, 3.05) is 26.3 Å². The van der Waals surface area contributed by atoms with Gasteiger partial charge in [0.1, 0.15) is 24.7 Å². The average Bonchev–Trinajstić information content (AvgIpc) is 2.66. The van der Waals surface area contributed by atoms with Gasteiger partial charge in [0.15, 0.2) is 0 Å². The number of amides is 1. The van der Waals surface area contributed by atoms with Crippen molar-refractivity contribution >= 4 is 5.91 Å². The van der Waals surface area contributed by atoms with E-state index in [0.717, 1.165) is 5.75 Å². The second kappa shape index (κ2) is 9.98. The number of hydrogen-bond acceptors (Lipinski definition) is 3. The maximum absolute atomic E-state index is 12.4. The summed E-state index contributed by atoms with van der Waals surface area (Å²) in [6.45, 7) is 9.21. The number of para-hydroxylation sites is 1. The summed E-state index contributed by atoms with van der Waals surface area (Å²) >= 11 is 0. The standard InChI is InChI=1S/C21H23NO3/c1-3-14-22(15-4-2)21(23)18-10-12-20(13-11-18)25-17-16-24-19-8-6-5-7-9-19/h3-13H,1-2,14-17H2. The minimum Gasteiger partial charge on any atom is -0.490 e. The van der Waals surface area contributed by atoms with Crippen LogP contribution in [-0.4, -0.2) is 37.1 Å². The Labute approximate surface area is 149 Å². The summed E-state index contributed by atoms with van der Waals surface area (Å²) in [5.74, 6) is 1.46. The lowest BCUT2D eigenvalue weighted by atomic mass is 10.2. The zero-order valence-electron chi connectivity index (χ0n) is 14.3. The quantitative estimate of drug-likeness (QED) is 0.486. The van der Waals surface area contributed by atoms with Gasteiger partial charge in [-0.15, -0.1) is 13.2 Å². The maximum atomic E-state index is 12.4. The normalized spacial score (nSPS) is 9.92. The molecule has 2 rings (SSSR count). The molecule has 0 heterocycles. The summed E-state index contributed by atoms with van der Waals surface area (Å²) in [7, 11) is 0. The first-order valence-corrected chi connectivity index (χ1v) is 8.16. The predicted molar refractivity (Wildman–Crippen MR) is 100 cm³/mol. The number of carbonyl (C=O) groups is 1. The molecule has 0 spiro atoms. The molecule has 0 bridgehead atoms. The second-order valence-electron chi connectivity index (χ2n) is 5.32. The Balaban J connectivity index is 1.83. The lowest BCUT2D eigenvalue weighted by Crippen LogP contribution is -2.31. The van der Waals surface area contributed by atoms with Gasteiger partial charge in [-0.1, -0.05) is 30.4 Å². The number of nitrogens with zero attached hydrogens (tertiary/aromatic N) is 1. The summed E-state index contributed by atoms with van der Waals surface area (Å²) in [5.41, 5.74) is 0.608. The molecule has 2 aromatic carbocycles. The number of hydrogen-bond donors (Lipinski definition) is 0. The molecule has 0 unspecified atom stereocenters. The van der Waals surface area contributed by atoms with Crippen molar-refractivity contribution in [1.29, 1.82) is 0 Å². The molecule has 0 aromatic heterocycles. The van der Waals surface area contributed by atoms with Crippen LogP contribution in [0, 0.1) is 0 Å². The maximum Gasteiger partial charge on any atom is 0.254 e. The van der Waals surface area contributed by atoms with Crippen LogP contribution in [0.1, 0.15) is 10.4 Å². The first kappa shape index (κ1) is 18.3. The molecule has 4 nitrogen and oxygen atoms in total. The number of rotatable bonds is 10. The molecule has 0 aliphatic rings. The van der Waals surface area contributed by atoms with Crippen molar-refractivity contribution in [2.24, 2.45) is 0 Å². The molecule has 1 amide bonds. The fraction of sp³-hybridized carbons (Fsp3) is 0.190. The molecule has 4 heteroatoms. The van der Waals surface area contributed by atoms with Crippen LogP contribution >= 0.6 is 0 Å². The SMILES string of the molecule is C=CCN(CC=C)C(=O)c1ccc(OCCOc2ccccc2)cc1. The van der Waals surface area contributed by atoms with E-state index in [2.05, 4.69) is 13.2 Å². The van der Waals surface area contributed by atoms with Crippen molar-refractivity contribution in [3.05, 3.63) is 85.5 Å². The largest absolute Gasteiger partial charge is 0.490 e. The first-order chi connectivity index (χ1) is 12.2. The summed E-state index contributed by atoms with van der Waals surface area (Å²) in [5, 5.41) is 0. The highest BCUT2D eigenvalue weighted by molar-refractivity contribution is 5.94. The Hall–Kier alpha value is -3.01. The zero-order valence-corrected chi connectivity index (χ0v) is 14.3. The van der Waals surface area contributed by atoms with Gasteiger partial charge in [0.05, 0.1) is 0 Å². The lowest BCUT2D eigenvalue weighted by Gasteiger charge is -2.19. The van der Waals surface area contributed by atoms with Crippen LogP contribution in [0.4, 0.5) is 0 Å². The third kappa shape index (κ3) is 5.84. The molecule has 0 aliphatic carbocycles. The van der Waals surface area contributed by atoms with Crippen LogP contribution in [0.15, 0.2) is 79.9 Å². The third-order valence-electron chi connectivity index (χ3n) is 3.45. The van der Waals surface area contributed by atoms with E-state index in [1.807, 2.05) is 30.3 Å². The Morgan fingerprint density at radius 3 is 1.88 bits per heavy atom. The van der Waals surface area contributed by atoms with Gasteiger partial charge >= 0.3 is 0 Å². The predicted octanol–water partition coefficient (Wildman–Crippen LogP) is 3.96. The number of ether oxygens (including phenoxy) is 2. The Morgan fingerprint density at radius 2 is 1.36 bits per heavy atom. The molecule has 0 saturated carbocycles. The minimum absolute atomic E-state index is 0.0567. The van der Waals surface area contributed by atoms with Crippen LogP contribution in [0.25, 0.3) is 0 Å². The van der Waals surface area contributed by atoms with E-state index in [9.17, 15) is 4.79 Å². The molecule has 25 heavy (non-hydrogen) atoms. The molecular formula is C21H23NO3. The fourth-order valence-corrected chi connectivity index (χ4v) is 2.26. The molecule has 130 valence electrons. The highest BCUT2D eigenvalue weighted by Gasteiger charge is 2.13. The number of carbonyl (C=O) groups excluding carboxylic acids is 1. The van der Waals surface area contributed by atoms with Crippen molar-refractivity contribution in [3.8, 4) is 11.5 Å². The van der Waals surface area contributed by atoms with E-state index in [-0.39, 0.29) is 5.91 Å². The first-order valence-electron chi connectivity index (χ1n) is 8.16. The van der Waals surface area contributed by atoms with E-state index in [4.69, 9.17) is 9.47 Å². The van der Waals surface area contributed by atoms with Crippen LogP contribution in [0.3, 0.4) is 0 Å². The Morgan fingerprint density at radius 1 is 0.840 bits per heavy atom. The van der Waals surface area contributed by atoms with Crippen molar-refractivity contribution in [1.82, 2.24) is 4.90 Å². The van der Waals surface area contributed by atoms with Crippen LogP contribution in [-0.2, 0) is 0 Å². The van der Waals surface area contributed by atoms with Crippen LogP contribution in [0.2, 0.25) is 0 Å². The molecule has 2 aromatic rings. The Bertz CT molecular complexity index is 670. The van der Waals surface area contributed by atoms with Gasteiger partial charge in [-0.3, -0.25) is 4.79 Å². The molecular weight excluding hydrogens is 314 g/mol. The summed E-state index contributed by atoms with van der Waals surface area (Å²) < 4.78 is 11.2. The van der Waals surface area contributed by atoms with E-state index >= 15 is 0 Å². The van der Waals surface area contributed by atoms with E-state index in [0.29, 0.717) is 37.6 Å². The smallest absolute Gasteiger partial charge is 0.254 e. The van der Waals surface area contributed by atoms with Crippen molar-refractivity contribution in [3.63, 3.8) is 0 Å². The summed E-state index contributed by atoms with van der Waals surface area (Å²) in [6, 6.07) is 16.7. The van der Waals surface area contributed by atoms with Crippen molar-refractivity contribution in [2.45, 2.75) is 0 Å². The Kier molecular flexibility index (Phi) is 7.32. The van der Waals surface area contributed by atoms with Gasteiger partial charge in [-0.25, -0.2) is 0 Å². The average molecular weight is 337 g/mol. The van der Waals surface area contributed by atoms with Crippen LogP contribution in [0.5, 0.6) is 11.5 Å². The number of benzene rings is 2. The van der Waals surface area contributed by atoms with Gasteiger partial charge in [0.25, 0.3) is 5.91 Å². The zero-order chi connectivity index (χ0) is 17.9. The highest BCUT2D eigenvalue weighted by atomic mass is 16.5. The fourth-order valence-electron chi connectivity index (χ4n) is 2.26. The van der Waals surface area contributed by atoms with E-state index in [1.165, 1.54) is 0 Å². The van der Waals surface area contributed by atoms with Gasteiger partial charge < -0.3 is 14.4 Å². The lowest BCUT2D eigenvalue weighted by molar-refractivity contribution is 0.0791. The molecule has 0 aliphatic heterocycles. The monoisotopic (exact) mass is 337 g/mol. The van der Waals surface area contributed by atoms with Gasteiger partial charge in [0.2, 0.25) is 0 Å². The topological polar surface area (TPSA) is 38.8 Å². The van der Waals surface area contributed by atoms with E-state index < -0.39 is 0 Å². The van der Waals surface area contributed by atoms with E-state index in [1.54, 1.807) is 41.3 Å². The molecule has 0 atom stereocenters. The summed E-state index contributed by atoms with van der Waals surface area (Å²) in [4.78, 5) is 14.1. The highest BCUT2D eigenvalue weighted by Crippen LogP contribution is 2.14. The minimum atomic E-state index is -0.0567. The third-order valence-corrected chi connectivity index (χ3v) is 3.45. The van der Waals surface area contributed by atoms with Gasteiger partial charge in [-0.05, 0) is 36.4 Å². The summed E-state index contributed by atoms with van der Waals surface area (Å²) in [6.07, 6.45) is 3.40. The molecule has 0 radical (unpaired) electrons. The molecule has 0 saturated heterocycles.